The van der Waals surface area contributed by atoms with Gasteiger partial charge in [0.2, 0.25) is 0 Å². The summed E-state index contributed by atoms with van der Waals surface area (Å²) < 4.78 is 22.1. The fourth-order valence-corrected chi connectivity index (χ4v) is 2.02. The van der Waals surface area contributed by atoms with Gasteiger partial charge in [0.25, 0.3) is 0 Å². The summed E-state index contributed by atoms with van der Waals surface area (Å²) in [5.74, 6) is -1.02. The number of sulfone groups is 1. The van der Waals surface area contributed by atoms with Crippen molar-refractivity contribution in [2.75, 3.05) is 30.5 Å². The summed E-state index contributed by atoms with van der Waals surface area (Å²) in [6.45, 7) is 0.267. The minimum Gasteiger partial charge on any atom is -0.478 e. The van der Waals surface area contributed by atoms with Crippen LogP contribution in [0.25, 0.3) is 0 Å². The van der Waals surface area contributed by atoms with Crippen LogP contribution in [0.4, 0.5) is 5.69 Å². The molecular weight excluding hydrogens is 242 g/mol. The van der Waals surface area contributed by atoms with Gasteiger partial charge in [0.05, 0.1) is 17.0 Å². The fraction of sp³-hybridized carbons (Fsp3) is 0.364. The molecule has 17 heavy (non-hydrogen) atoms. The van der Waals surface area contributed by atoms with Gasteiger partial charge in [-0.15, -0.1) is 0 Å². The Balaban J connectivity index is 2.89. The number of carboxylic acids is 1. The summed E-state index contributed by atoms with van der Waals surface area (Å²) in [5, 5.41) is 9.00. The lowest BCUT2D eigenvalue weighted by Crippen LogP contribution is -2.26. The molecule has 0 fully saturated rings. The molecule has 1 aromatic carbocycles. The molecular formula is C11H15NO4S. The lowest BCUT2D eigenvalue weighted by molar-refractivity contribution is 0.0697. The molecule has 94 valence electrons. The third-order valence-corrected chi connectivity index (χ3v) is 3.27. The van der Waals surface area contributed by atoms with Crippen LogP contribution in [-0.2, 0) is 9.84 Å². The summed E-state index contributed by atoms with van der Waals surface area (Å²) in [6, 6.07) is 6.51. The van der Waals surface area contributed by atoms with Gasteiger partial charge in [-0.2, -0.15) is 0 Å². The fourth-order valence-electron chi connectivity index (χ4n) is 1.41. The molecule has 1 aromatic rings. The van der Waals surface area contributed by atoms with Crippen molar-refractivity contribution in [1.82, 2.24) is 0 Å². The van der Waals surface area contributed by atoms with E-state index in [1.54, 1.807) is 30.1 Å². The van der Waals surface area contributed by atoms with Gasteiger partial charge in [0.15, 0.2) is 0 Å². The van der Waals surface area contributed by atoms with Crippen LogP contribution in [0.1, 0.15) is 10.4 Å². The van der Waals surface area contributed by atoms with Crippen molar-refractivity contribution in [3.05, 3.63) is 29.8 Å². The predicted molar refractivity (Wildman–Crippen MR) is 66.4 cm³/mol. The molecule has 0 amide bonds. The molecule has 0 aliphatic carbocycles. The van der Waals surface area contributed by atoms with E-state index in [4.69, 9.17) is 5.11 Å². The standard InChI is InChI=1S/C11H15NO4S/c1-12(7-8-17(2,15)16)10-6-4-3-5-9(10)11(13)14/h3-6H,7-8H2,1-2H3,(H,13,14). The van der Waals surface area contributed by atoms with Crippen molar-refractivity contribution in [3.63, 3.8) is 0 Å². The van der Waals surface area contributed by atoms with Crippen LogP contribution in [0, 0.1) is 0 Å². The summed E-state index contributed by atoms with van der Waals surface area (Å²) >= 11 is 0. The molecule has 0 aromatic heterocycles. The first-order valence-corrected chi connectivity index (χ1v) is 7.08. The van der Waals surface area contributed by atoms with Crippen LogP contribution in [0.15, 0.2) is 24.3 Å². The van der Waals surface area contributed by atoms with E-state index < -0.39 is 15.8 Å². The molecule has 6 heteroatoms. The number of hydrogen-bond donors (Lipinski definition) is 1. The number of anilines is 1. The van der Waals surface area contributed by atoms with Crippen molar-refractivity contribution in [2.24, 2.45) is 0 Å². The van der Waals surface area contributed by atoms with E-state index in [9.17, 15) is 13.2 Å². The van der Waals surface area contributed by atoms with Gasteiger partial charge < -0.3 is 10.0 Å². The highest BCUT2D eigenvalue weighted by Gasteiger charge is 2.13. The Morgan fingerprint density at radius 2 is 1.94 bits per heavy atom. The van der Waals surface area contributed by atoms with Gasteiger partial charge in [-0.1, -0.05) is 12.1 Å². The smallest absolute Gasteiger partial charge is 0.337 e. The summed E-state index contributed by atoms with van der Waals surface area (Å²) in [7, 11) is -1.38. The quantitative estimate of drug-likeness (QED) is 0.847. The zero-order chi connectivity index (χ0) is 13.1. The molecule has 0 aliphatic heterocycles. The summed E-state index contributed by atoms with van der Waals surface area (Å²) in [5.41, 5.74) is 0.687. The van der Waals surface area contributed by atoms with Gasteiger partial charge in [0, 0.05) is 19.8 Å². The van der Waals surface area contributed by atoms with Crippen molar-refractivity contribution in [3.8, 4) is 0 Å². The number of benzene rings is 1. The Bertz CT molecular complexity index is 510. The van der Waals surface area contributed by atoms with Crippen LogP contribution in [0.2, 0.25) is 0 Å². The summed E-state index contributed by atoms with van der Waals surface area (Å²) in [4.78, 5) is 12.6. The number of para-hydroxylation sites is 1. The van der Waals surface area contributed by atoms with Gasteiger partial charge >= 0.3 is 5.97 Å². The van der Waals surface area contributed by atoms with Crippen LogP contribution in [0.5, 0.6) is 0 Å². The zero-order valence-corrected chi connectivity index (χ0v) is 10.6. The number of rotatable bonds is 5. The van der Waals surface area contributed by atoms with Crippen LogP contribution < -0.4 is 4.90 Å². The molecule has 0 bridgehead atoms. The minimum absolute atomic E-state index is 0.00253. The average molecular weight is 257 g/mol. The third kappa shape index (κ3) is 4.07. The molecule has 5 nitrogen and oxygen atoms in total. The Hall–Kier alpha value is -1.56. The molecule has 0 atom stereocenters. The van der Waals surface area contributed by atoms with Crippen molar-refractivity contribution < 1.29 is 18.3 Å². The number of carbonyl (C=O) groups is 1. The van der Waals surface area contributed by atoms with Crippen LogP contribution in [0.3, 0.4) is 0 Å². The topological polar surface area (TPSA) is 74.7 Å². The molecule has 1 N–H and O–H groups in total. The molecule has 0 saturated carbocycles. The van der Waals surface area contributed by atoms with E-state index in [0.717, 1.165) is 6.26 Å². The first-order valence-electron chi connectivity index (χ1n) is 5.02. The van der Waals surface area contributed by atoms with E-state index in [2.05, 4.69) is 0 Å². The minimum atomic E-state index is -3.05. The third-order valence-electron chi connectivity index (χ3n) is 2.34. The number of aromatic carboxylic acids is 1. The molecule has 0 radical (unpaired) electrons. The predicted octanol–water partition coefficient (Wildman–Crippen LogP) is 0.866. The Morgan fingerprint density at radius 1 is 1.35 bits per heavy atom. The van der Waals surface area contributed by atoms with E-state index in [0.29, 0.717) is 5.69 Å². The monoisotopic (exact) mass is 257 g/mol. The molecule has 0 unspecified atom stereocenters. The summed E-state index contributed by atoms with van der Waals surface area (Å²) in [6.07, 6.45) is 1.16. The second-order valence-corrected chi connectivity index (χ2v) is 6.13. The normalized spacial score (nSPS) is 11.2. The lowest BCUT2D eigenvalue weighted by atomic mass is 10.1. The first kappa shape index (κ1) is 13.5. The van der Waals surface area contributed by atoms with Gasteiger partial charge in [0.1, 0.15) is 9.84 Å². The van der Waals surface area contributed by atoms with Gasteiger partial charge in [-0.05, 0) is 12.1 Å². The second kappa shape index (κ2) is 5.18. The average Bonchev–Trinajstić information content (AvgIpc) is 2.25. The maximum atomic E-state index is 11.0. The van der Waals surface area contributed by atoms with E-state index in [1.165, 1.54) is 6.07 Å². The van der Waals surface area contributed by atoms with E-state index in [1.807, 2.05) is 0 Å². The second-order valence-electron chi connectivity index (χ2n) is 3.87. The molecule has 1 rings (SSSR count). The van der Waals surface area contributed by atoms with Crippen molar-refractivity contribution in [1.29, 1.82) is 0 Å². The van der Waals surface area contributed by atoms with Gasteiger partial charge in [-0.25, -0.2) is 13.2 Å². The first-order chi connectivity index (χ1) is 7.81. The van der Waals surface area contributed by atoms with Crippen molar-refractivity contribution in [2.45, 2.75) is 0 Å². The van der Waals surface area contributed by atoms with Crippen molar-refractivity contribution >= 4 is 21.5 Å². The Labute approximate surface area is 101 Å². The SMILES string of the molecule is CN(CCS(C)(=O)=O)c1ccccc1C(=O)O. The van der Waals surface area contributed by atoms with E-state index >= 15 is 0 Å². The Morgan fingerprint density at radius 3 is 2.47 bits per heavy atom. The van der Waals surface area contributed by atoms with Crippen LogP contribution >= 0.6 is 0 Å². The molecule has 0 spiro atoms. The largest absolute Gasteiger partial charge is 0.478 e. The molecule has 0 saturated heterocycles. The number of carboxylic acid groups (broad SMARTS) is 1. The molecule has 0 heterocycles. The van der Waals surface area contributed by atoms with Gasteiger partial charge in [-0.3, -0.25) is 0 Å². The maximum absolute atomic E-state index is 11.0. The lowest BCUT2D eigenvalue weighted by Gasteiger charge is -2.20. The maximum Gasteiger partial charge on any atom is 0.337 e. The highest BCUT2D eigenvalue weighted by molar-refractivity contribution is 7.90. The number of hydrogen-bond acceptors (Lipinski definition) is 4. The van der Waals surface area contributed by atoms with Crippen LogP contribution in [-0.4, -0.2) is 45.1 Å². The highest BCUT2D eigenvalue weighted by Crippen LogP contribution is 2.18. The Kier molecular flexibility index (Phi) is 4.11. The van der Waals surface area contributed by atoms with E-state index in [-0.39, 0.29) is 17.9 Å². The molecule has 0 aliphatic rings. The number of nitrogens with zero attached hydrogens (tertiary/aromatic N) is 1. The highest BCUT2D eigenvalue weighted by atomic mass is 32.2. The zero-order valence-electron chi connectivity index (χ0n) is 9.75.